The van der Waals surface area contributed by atoms with Crippen molar-refractivity contribution in [3.63, 3.8) is 0 Å². The molecule has 2 aromatic heterocycles. The molecule has 2 aliphatic rings. The van der Waals surface area contributed by atoms with Gasteiger partial charge in [0, 0.05) is 49.2 Å². The lowest BCUT2D eigenvalue weighted by molar-refractivity contribution is 0.0594. The van der Waals surface area contributed by atoms with Crippen LogP contribution in [0.3, 0.4) is 0 Å². The number of amides is 1. The highest BCUT2D eigenvalue weighted by Crippen LogP contribution is 2.36. The van der Waals surface area contributed by atoms with Crippen LogP contribution in [0.4, 0.5) is 4.39 Å². The molecule has 2 atom stereocenters. The van der Waals surface area contributed by atoms with Gasteiger partial charge in [-0.15, -0.1) is 0 Å². The van der Waals surface area contributed by atoms with E-state index < -0.39 is 5.82 Å². The number of benzene rings is 1. The zero-order valence-corrected chi connectivity index (χ0v) is 16.5. The molecule has 1 N–H and O–H groups in total. The predicted octanol–water partition coefficient (Wildman–Crippen LogP) is 2.65. The lowest BCUT2D eigenvalue weighted by Gasteiger charge is -2.43. The van der Waals surface area contributed by atoms with E-state index in [9.17, 15) is 14.0 Å². The van der Waals surface area contributed by atoms with E-state index in [1.165, 1.54) is 19.2 Å². The van der Waals surface area contributed by atoms with Gasteiger partial charge in [0.25, 0.3) is 11.5 Å². The Kier molecular flexibility index (Phi) is 4.42. The number of nitrogens with one attached hydrogen (secondary N) is 1. The average Bonchev–Trinajstić information content (AvgIpc) is 3.28. The number of nitrogens with zero attached hydrogens (tertiary/aromatic N) is 3. The minimum atomic E-state index is -0.553. The van der Waals surface area contributed by atoms with Gasteiger partial charge in [-0.25, -0.2) is 9.37 Å². The molecule has 1 amide bonds. The number of aromatic amines is 1. The van der Waals surface area contributed by atoms with Crippen LogP contribution in [-0.2, 0) is 6.54 Å². The second-order valence-corrected chi connectivity index (χ2v) is 7.88. The van der Waals surface area contributed by atoms with E-state index in [4.69, 9.17) is 4.74 Å². The number of methoxy groups -OCH3 is 1. The zero-order chi connectivity index (χ0) is 20.8. The maximum absolute atomic E-state index is 14.1. The van der Waals surface area contributed by atoms with Gasteiger partial charge in [-0.1, -0.05) is 0 Å². The summed E-state index contributed by atoms with van der Waals surface area (Å²) < 4.78 is 20.8. The van der Waals surface area contributed by atoms with Crippen LogP contribution in [0.5, 0.6) is 5.75 Å². The number of fused-ring (bicyclic) bond motifs is 4. The fourth-order valence-corrected chi connectivity index (χ4v) is 4.69. The molecule has 0 aliphatic carbocycles. The quantitative estimate of drug-likeness (QED) is 0.723. The first-order valence-corrected chi connectivity index (χ1v) is 9.91. The molecule has 1 aromatic carbocycles. The first kappa shape index (κ1) is 18.6. The van der Waals surface area contributed by atoms with E-state index in [2.05, 4.69) is 9.97 Å². The normalized spacial score (nSPS) is 20.0. The molecular formula is C22H21FN4O3. The fourth-order valence-electron chi connectivity index (χ4n) is 4.69. The van der Waals surface area contributed by atoms with Crippen molar-refractivity contribution in [1.82, 2.24) is 19.4 Å². The molecule has 5 rings (SSSR count). The number of pyridine rings is 1. The van der Waals surface area contributed by atoms with Crippen molar-refractivity contribution in [1.29, 1.82) is 0 Å². The number of piperidine rings is 1. The number of carbonyl (C=O) groups is 1. The summed E-state index contributed by atoms with van der Waals surface area (Å²) >= 11 is 0. The number of rotatable bonds is 3. The molecular weight excluding hydrogens is 387 g/mol. The Balaban J connectivity index is 1.43. The molecule has 1 fully saturated rings. The third-order valence-corrected chi connectivity index (χ3v) is 6.04. The minimum absolute atomic E-state index is 0.0610. The van der Waals surface area contributed by atoms with E-state index in [-0.39, 0.29) is 29.1 Å². The molecule has 3 aromatic rings. The van der Waals surface area contributed by atoms with Crippen molar-refractivity contribution in [2.24, 2.45) is 5.92 Å². The summed E-state index contributed by atoms with van der Waals surface area (Å²) in [6, 6.07) is 8.04. The Morgan fingerprint density at radius 2 is 2.10 bits per heavy atom. The number of imidazole rings is 1. The summed E-state index contributed by atoms with van der Waals surface area (Å²) in [5, 5.41) is 0. The van der Waals surface area contributed by atoms with Gasteiger partial charge >= 0.3 is 0 Å². The van der Waals surface area contributed by atoms with Crippen LogP contribution in [0.15, 0.2) is 47.5 Å². The minimum Gasteiger partial charge on any atom is -0.494 e. The Morgan fingerprint density at radius 1 is 1.23 bits per heavy atom. The van der Waals surface area contributed by atoms with Gasteiger partial charge in [0.1, 0.15) is 5.82 Å². The summed E-state index contributed by atoms with van der Waals surface area (Å²) in [5.74, 6) is 0.167. The third-order valence-electron chi connectivity index (χ3n) is 6.04. The molecule has 2 bridgehead atoms. The Labute approximate surface area is 172 Å². The van der Waals surface area contributed by atoms with Crippen molar-refractivity contribution in [2.45, 2.75) is 18.9 Å². The van der Waals surface area contributed by atoms with Crippen molar-refractivity contribution in [3.05, 3.63) is 70.2 Å². The zero-order valence-electron chi connectivity index (χ0n) is 16.5. The Bertz CT molecular complexity index is 1170. The average molecular weight is 408 g/mol. The lowest BCUT2D eigenvalue weighted by atomic mass is 9.82. The van der Waals surface area contributed by atoms with Crippen molar-refractivity contribution < 1.29 is 13.9 Å². The molecule has 0 radical (unpaired) electrons. The number of hydrogen-bond donors (Lipinski definition) is 1. The van der Waals surface area contributed by atoms with Gasteiger partial charge in [-0.3, -0.25) is 9.59 Å². The molecule has 2 aliphatic heterocycles. The van der Waals surface area contributed by atoms with Crippen LogP contribution >= 0.6 is 0 Å². The molecule has 7 nitrogen and oxygen atoms in total. The second kappa shape index (κ2) is 7.12. The summed E-state index contributed by atoms with van der Waals surface area (Å²) in [4.78, 5) is 35.0. The van der Waals surface area contributed by atoms with E-state index in [0.29, 0.717) is 36.6 Å². The van der Waals surface area contributed by atoms with Crippen LogP contribution in [0.2, 0.25) is 0 Å². The Hall–Kier alpha value is -3.42. The first-order chi connectivity index (χ1) is 14.5. The molecule has 30 heavy (non-hydrogen) atoms. The van der Waals surface area contributed by atoms with Gasteiger partial charge < -0.3 is 19.2 Å². The summed E-state index contributed by atoms with van der Waals surface area (Å²) in [5.41, 5.74) is 1.73. The fraction of sp³-hybridized carbons (Fsp3) is 0.318. The number of halogens is 1. The van der Waals surface area contributed by atoms with Crippen molar-refractivity contribution >= 4 is 5.91 Å². The number of hydrogen-bond acceptors (Lipinski definition) is 4. The van der Waals surface area contributed by atoms with E-state index in [1.54, 1.807) is 29.4 Å². The second-order valence-electron chi connectivity index (χ2n) is 7.88. The number of likely N-dealkylation sites (tertiary alicyclic amines) is 1. The highest BCUT2D eigenvalue weighted by Gasteiger charge is 2.37. The van der Waals surface area contributed by atoms with Gasteiger partial charge in [0.15, 0.2) is 11.6 Å². The van der Waals surface area contributed by atoms with E-state index in [0.717, 1.165) is 12.1 Å². The molecule has 1 saturated heterocycles. The van der Waals surface area contributed by atoms with Crippen LogP contribution in [0, 0.1) is 11.7 Å². The largest absolute Gasteiger partial charge is 0.494 e. The highest BCUT2D eigenvalue weighted by atomic mass is 19.1. The summed E-state index contributed by atoms with van der Waals surface area (Å²) in [7, 11) is 1.39. The topological polar surface area (TPSA) is 80.2 Å². The molecule has 8 heteroatoms. The van der Waals surface area contributed by atoms with Crippen LogP contribution in [0.1, 0.15) is 28.4 Å². The summed E-state index contributed by atoms with van der Waals surface area (Å²) in [6.07, 6.45) is 4.25. The van der Waals surface area contributed by atoms with Crippen LogP contribution < -0.4 is 10.3 Å². The number of aromatic nitrogens is 3. The first-order valence-electron chi connectivity index (χ1n) is 9.91. The molecule has 0 spiro atoms. The summed E-state index contributed by atoms with van der Waals surface area (Å²) in [6.45, 7) is 1.60. The van der Waals surface area contributed by atoms with Gasteiger partial charge in [-0.2, -0.15) is 0 Å². The van der Waals surface area contributed by atoms with E-state index >= 15 is 0 Å². The maximum atomic E-state index is 14.1. The molecule has 0 unspecified atom stereocenters. The van der Waals surface area contributed by atoms with E-state index in [1.807, 2.05) is 10.6 Å². The van der Waals surface area contributed by atoms with Crippen LogP contribution in [0.25, 0.3) is 11.4 Å². The third kappa shape index (κ3) is 2.99. The number of carbonyl (C=O) groups excluding carboxylic acids is 1. The number of H-pyrrole nitrogens is 1. The standard InChI is InChI=1S/C22H21FN4O3/c1-30-19-5-2-14(9-17(19)23)21(28)26-10-13-8-15(12-26)18-4-3-16(20-24-6-7-25-20)22(29)27(18)11-13/h2-7,9,13,15H,8,10-12H2,1H3,(H,24,25)/t13-,15+/m0/s1. The maximum Gasteiger partial charge on any atom is 0.261 e. The predicted molar refractivity (Wildman–Crippen MR) is 108 cm³/mol. The molecule has 0 saturated carbocycles. The molecule has 4 heterocycles. The molecule has 154 valence electrons. The SMILES string of the molecule is COc1ccc(C(=O)N2C[C@@H]3C[C@H](C2)c2ccc(-c4ncc[nH]4)c(=O)n2C3)cc1F. The van der Waals surface area contributed by atoms with Gasteiger partial charge in [0.2, 0.25) is 0 Å². The van der Waals surface area contributed by atoms with Gasteiger partial charge in [0.05, 0.1) is 12.7 Å². The van der Waals surface area contributed by atoms with Gasteiger partial charge in [-0.05, 0) is 42.7 Å². The smallest absolute Gasteiger partial charge is 0.261 e. The monoisotopic (exact) mass is 408 g/mol. The lowest BCUT2D eigenvalue weighted by Crippen LogP contribution is -2.49. The van der Waals surface area contributed by atoms with Crippen molar-refractivity contribution in [3.8, 4) is 17.1 Å². The Morgan fingerprint density at radius 3 is 2.83 bits per heavy atom. The van der Waals surface area contributed by atoms with Crippen LogP contribution in [-0.4, -0.2) is 45.5 Å². The number of ether oxygens (including phenoxy) is 1. The van der Waals surface area contributed by atoms with Crippen molar-refractivity contribution in [2.75, 3.05) is 20.2 Å². The highest BCUT2D eigenvalue weighted by molar-refractivity contribution is 5.94.